The average Bonchev–Trinajstić information content (AvgIpc) is 3.10. The Morgan fingerprint density at radius 2 is 1.67 bits per heavy atom. The highest BCUT2D eigenvalue weighted by Crippen LogP contribution is 2.31. The van der Waals surface area contributed by atoms with Crippen LogP contribution in [-0.4, -0.2) is 67.0 Å². The first-order valence-electron chi connectivity index (χ1n) is 11.3. The quantitative estimate of drug-likeness (QED) is 0.612. The zero-order chi connectivity index (χ0) is 22.8. The SMILES string of the molecule is CCOC(=O)N1CCN(CN2C(=O)C(=Nc3ccc4ccccc4c3)c3ccccc32)CC1. The fraction of sp³-hybridized carbons (Fsp3) is 0.269. The fourth-order valence-corrected chi connectivity index (χ4v) is 4.37. The first-order chi connectivity index (χ1) is 16.1. The monoisotopic (exact) mass is 442 g/mol. The number of anilines is 1. The maximum Gasteiger partial charge on any atom is 0.409 e. The van der Waals surface area contributed by atoms with Crippen LogP contribution >= 0.6 is 0 Å². The predicted molar refractivity (Wildman–Crippen MR) is 129 cm³/mol. The first-order valence-corrected chi connectivity index (χ1v) is 11.3. The molecule has 0 saturated carbocycles. The summed E-state index contributed by atoms with van der Waals surface area (Å²) < 4.78 is 5.10. The van der Waals surface area contributed by atoms with Crippen molar-refractivity contribution < 1.29 is 14.3 Å². The highest BCUT2D eigenvalue weighted by Gasteiger charge is 2.35. The van der Waals surface area contributed by atoms with E-state index in [1.54, 1.807) is 9.80 Å². The third-order valence-corrected chi connectivity index (χ3v) is 6.11. The summed E-state index contributed by atoms with van der Waals surface area (Å²) in [4.78, 5) is 35.9. The highest BCUT2D eigenvalue weighted by molar-refractivity contribution is 6.54. The van der Waals surface area contributed by atoms with Gasteiger partial charge < -0.3 is 9.64 Å². The van der Waals surface area contributed by atoms with Crippen molar-refractivity contribution in [1.82, 2.24) is 9.80 Å². The number of aliphatic imine (C=N–C) groups is 1. The van der Waals surface area contributed by atoms with Gasteiger partial charge in [0.1, 0.15) is 5.71 Å². The molecule has 0 atom stereocenters. The Morgan fingerprint density at radius 1 is 0.939 bits per heavy atom. The molecule has 2 aliphatic heterocycles. The molecule has 1 fully saturated rings. The molecule has 7 heteroatoms. The molecule has 2 aliphatic rings. The van der Waals surface area contributed by atoms with E-state index in [0.29, 0.717) is 45.2 Å². The third kappa shape index (κ3) is 4.19. The Bertz CT molecular complexity index is 1230. The van der Waals surface area contributed by atoms with Crippen molar-refractivity contribution >= 4 is 39.9 Å². The molecular formula is C26H26N4O3. The van der Waals surface area contributed by atoms with E-state index >= 15 is 0 Å². The smallest absolute Gasteiger partial charge is 0.409 e. The van der Waals surface area contributed by atoms with Crippen LogP contribution in [0.3, 0.4) is 0 Å². The summed E-state index contributed by atoms with van der Waals surface area (Å²) in [5, 5.41) is 2.23. The van der Waals surface area contributed by atoms with Crippen LogP contribution in [0.15, 0.2) is 71.7 Å². The summed E-state index contributed by atoms with van der Waals surface area (Å²) >= 11 is 0. The van der Waals surface area contributed by atoms with Crippen LogP contribution in [0.4, 0.5) is 16.2 Å². The Morgan fingerprint density at radius 3 is 2.45 bits per heavy atom. The van der Waals surface area contributed by atoms with Gasteiger partial charge in [-0.2, -0.15) is 0 Å². The second-order valence-electron chi connectivity index (χ2n) is 8.19. The number of hydrogen-bond acceptors (Lipinski definition) is 5. The topological polar surface area (TPSA) is 65.5 Å². The molecule has 33 heavy (non-hydrogen) atoms. The van der Waals surface area contributed by atoms with Crippen LogP contribution in [0.25, 0.3) is 10.8 Å². The maximum absolute atomic E-state index is 13.4. The van der Waals surface area contributed by atoms with Crippen LogP contribution in [0.5, 0.6) is 0 Å². The van der Waals surface area contributed by atoms with Gasteiger partial charge in [-0.25, -0.2) is 9.79 Å². The Hall–Kier alpha value is -3.71. The van der Waals surface area contributed by atoms with E-state index in [9.17, 15) is 9.59 Å². The summed E-state index contributed by atoms with van der Waals surface area (Å²) in [6.07, 6.45) is -0.274. The number of amides is 2. The van der Waals surface area contributed by atoms with Gasteiger partial charge in [0.2, 0.25) is 0 Å². The van der Waals surface area contributed by atoms with Gasteiger partial charge in [0.05, 0.1) is 24.7 Å². The molecule has 0 radical (unpaired) electrons. The molecule has 1 saturated heterocycles. The molecule has 7 nitrogen and oxygen atoms in total. The fourth-order valence-electron chi connectivity index (χ4n) is 4.37. The minimum Gasteiger partial charge on any atom is -0.450 e. The lowest BCUT2D eigenvalue weighted by atomic mass is 10.1. The van der Waals surface area contributed by atoms with Gasteiger partial charge in [0.15, 0.2) is 0 Å². The van der Waals surface area contributed by atoms with E-state index in [1.807, 2.05) is 67.6 Å². The number of ether oxygens (including phenoxy) is 1. The number of carbonyl (C=O) groups excluding carboxylic acids is 2. The van der Waals surface area contributed by atoms with Gasteiger partial charge in [-0.15, -0.1) is 0 Å². The van der Waals surface area contributed by atoms with Crippen molar-refractivity contribution in [1.29, 1.82) is 0 Å². The molecule has 168 valence electrons. The van der Waals surface area contributed by atoms with Gasteiger partial charge in [-0.05, 0) is 35.9 Å². The molecular weight excluding hydrogens is 416 g/mol. The van der Waals surface area contributed by atoms with Crippen molar-refractivity contribution in [3.8, 4) is 0 Å². The molecule has 0 spiro atoms. The van der Waals surface area contributed by atoms with Crippen molar-refractivity contribution in [2.75, 3.05) is 44.4 Å². The summed E-state index contributed by atoms with van der Waals surface area (Å²) in [5.74, 6) is -0.0998. The maximum atomic E-state index is 13.4. The van der Waals surface area contributed by atoms with Gasteiger partial charge in [0, 0.05) is 31.7 Å². The summed E-state index contributed by atoms with van der Waals surface area (Å²) in [7, 11) is 0. The number of carbonyl (C=O) groups is 2. The van der Waals surface area contributed by atoms with Crippen LogP contribution in [0.2, 0.25) is 0 Å². The number of benzene rings is 3. The predicted octanol–water partition coefficient (Wildman–Crippen LogP) is 4.04. The lowest BCUT2D eigenvalue weighted by molar-refractivity contribution is -0.112. The molecule has 0 unspecified atom stereocenters. The lowest BCUT2D eigenvalue weighted by Crippen LogP contribution is -2.52. The van der Waals surface area contributed by atoms with Gasteiger partial charge in [0.25, 0.3) is 5.91 Å². The number of piperazine rings is 1. The molecule has 0 aliphatic carbocycles. The minimum atomic E-state index is -0.274. The lowest BCUT2D eigenvalue weighted by Gasteiger charge is -2.36. The van der Waals surface area contributed by atoms with E-state index < -0.39 is 0 Å². The Kier molecular flexibility index (Phi) is 5.79. The second-order valence-corrected chi connectivity index (χ2v) is 8.19. The Balaban J connectivity index is 1.36. The van der Waals surface area contributed by atoms with Crippen molar-refractivity contribution in [2.24, 2.45) is 4.99 Å². The van der Waals surface area contributed by atoms with E-state index in [1.165, 1.54) is 0 Å². The molecule has 3 aromatic carbocycles. The largest absolute Gasteiger partial charge is 0.450 e. The van der Waals surface area contributed by atoms with Crippen LogP contribution in [0, 0.1) is 0 Å². The molecule has 0 N–H and O–H groups in total. The van der Waals surface area contributed by atoms with Gasteiger partial charge in [-0.3, -0.25) is 14.6 Å². The number of para-hydroxylation sites is 1. The minimum absolute atomic E-state index is 0.0998. The number of hydrogen-bond donors (Lipinski definition) is 0. The van der Waals surface area contributed by atoms with E-state index in [-0.39, 0.29) is 12.0 Å². The number of fused-ring (bicyclic) bond motifs is 2. The first kappa shape index (κ1) is 21.2. The second kappa shape index (κ2) is 9.03. The number of rotatable bonds is 4. The summed E-state index contributed by atoms with van der Waals surface area (Å²) in [5.41, 5.74) is 2.94. The normalized spacial score (nSPS) is 17.6. The Labute approximate surface area is 192 Å². The third-order valence-electron chi connectivity index (χ3n) is 6.11. The molecule has 5 rings (SSSR count). The van der Waals surface area contributed by atoms with Crippen molar-refractivity contribution in [2.45, 2.75) is 6.92 Å². The van der Waals surface area contributed by atoms with E-state index in [2.05, 4.69) is 11.0 Å². The molecule has 0 bridgehead atoms. The van der Waals surface area contributed by atoms with Crippen LogP contribution in [0.1, 0.15) is 12.5 Å². The van der Waals surface area contributed by atoms with Crippen molar-refractivity contribution in [3.05, 3.63) is 72.3 Å². The molecule has 0 aromatic heterocycles. The summed E-state index contributed by atoms with van der Waals surface area (Å²) in [6.45, 7) is 5.17. The standard InChI is InChI=1S/C26H26N4O3/c1-2-33-26(32)29-15-13-28(14-16-29)18-30-23-10-6-5-9-22(23)24(25(30)31)27-21-12-11-19-7-3-4-8-20(19)17-21/h3-12,17H,2,13-16,18H2,1H3. The van der Waals surface area contributed by atoms with Gasteiger partial charge in [-0.1, -0.05) is 48.5 Å². The van der Waals surface area contributed by atoms with Crippen molar-refractivity contribution in [3.63, 3.8) is 0 Å². The van der Waals surface area contributed by atoms with Gasteiger partial charge >= 0.3 is 6.09 Å². The average molecular weight is 443 g/mol. The number of nitrogens with zero attached hydrogens (tertiary/aromatic N) is 4. The summed E-state index contributed by atoms with van der Waals surface area (Å²) in [6, 6.07) is 21.9. The zero-order valence-electron chi connectivity index (χ0n) is 18.6. The molecule has 3 aromatic rings. The van der Waals surface area contributed by atoms with E-state index in [4.69, 9.17) is 9.73 Å². The van der Waals surface area contributed by atoms with E-state index in [0.717, 1.165) is 27.7 Å². The molecule has 2 heterocycles. The zero-order valence-corrected chi connectivity index (χ0v) is 18.6. The highest BCUT2D eigenvalue weighted by atomic mass is 16.6. The van der Waals surface area contributed by atoms with Crippen LogP contribution in [-0.2, 0) is 9.53 Å². The van der Waals surface area contributed by atoms with Crippen LogP contribution < -0.4 is 4.90 Å². The molecule has 2 amide bonds.